The molecule has 3 atom stereocenters. The van der Waals surface area contributed by atoms with Gasteiger partial charge in [0.15, 0.2) is 0 Å². The molecule has 4 heterocycles. The molecule has 1 spiro atoms. The van der Waals surface area contributed by atoms with Gasteiger partial charge < -0.3 is 19.6 Å². The topological polar surface area (TPSA) is 102 Å². The molecule has 3 aliphatic heterocycles. The maximum absolute atomic E-state index is 13.1. The zero-order valence-electron chi connectivity index (χ0n) is 22.1. The van der Waals surface area contributed by atoms with E-state index in [4.69, 9.17) is 4.74 Å². The molecule has 10 heteroatoms. The van der Waals surface area contributed by atoms with Crippen molar-refractivity contribution in [3.05, 3.63) is 48.3 Å². The molecule has 1 N–H and O–H groups in total. The van der Waals surface area contributed by atoms with Crippen molar-refractivity contribution in [2.75, 3.05) is 42.5 Å². The number of carbonyl (C=O) groups excluding carboxylic acids is 2. The standard InChI is InChI=1S/C28H36N6O4/c1-19-13-32(26-29-11-22(12-30-26)33-16-23(35)8-25(33)36)14-20(2)34(19)27(37)38-24-9-28(10-24)17-31(18-28)15-21-6-4-3-5-7-21/h3-7,11-12,19-20,23-24,35H,8-10,13-18H2,1-2H3/t19-,20+,23?. The minimum Gasteiger partial charge on any atom is -0.446 e. The fourth-order valence-corrected chi connectivity index (χ4v) is 6.71. The SMILES string of the molecule is C[C@@H]1CN(c2ncc(N3CC(O)CC3=O)cn2)C[C@H](C)N1C(=O)OC1CC2(C1)CN(Cc1ccccc1)C2. The summed E-state index contributed by atoms with van der Waals surface area (Å²) in [5.74, 6) is 0.445. The first-order valence-electron chi connectivity index (χ1n) is 13.6. The Hall–Kier alpha value is -3.24. The number of aromatic nitrogens is 2. The highest BCUT2D eigenvalue weighted by molar-refractivity contribution is 5.95. The van der Waals surface area contributed by atoms with E-state index in [1.807, 2.05) is 24.8 Å². The minimum atomic E-state index is -0.648. The summed E-state index contributed by atoms with van der Waals surface area (Å²) in [6, 6.07) is 10.4. The summed E-state index contributed by atoms with van der Waals surface area (Å²) in [5, 5.41) is 9.74. The molecular formula is C28H36N6O4. The summed E-state index contributed by atoms with van der Waals surface area (Å²) in [5.41, 5.74) is 2.25. The van der Waals surface area contributed by atoms with Gasteiger partial charge in [-0.3, -0.25) is 14.6 Å². The average molecular weight is 521 g/mol. The Labute approximate surface area is 223 Å². The van der Waals surface area contributed by atoms with Crippen LogP contribution in [-0.2, 0) is 16.1 Å². The average Bonchev–Trinajstić information content (AvgIpc) is 3.19. The van der Waals surface area contributed by atoms with Gasteiger partial charge >= 0.3 is 6.09 Å². The molecule has 2 aromatic rings. The number of carbonyl (C=O) groups is 2. The molecule has 2 amide bonds. The van der Waals surface area contributed by atoms with Crippen LogP contribution in [-0.4, -0.2) is 93.9 Å². The number of anilines is 2. The first kappa shape index (κ1) is 25.1. The summed E-state index contributed by atoms with van der Waals surface area (Å²) in [6.45, 7) is 8.66. The Morgan fingerprint density at radius 3 is 2.32 bits per heavy atom. The van der Waals surface area contributed by atoms with Crippen LogP contribution in [0, 0.1) is 5.41 Å². The summed E-state index contributed by atoms with van der Waals surface area (Å²) >= 11 is 0. The molecule has 1 aromatic heterocycles. The number of nitrogens with zero attached hydrogens (tertiary/aromatic N) is 6. The Balaban J connectivity index is 0.979. The van der Waals surface area contributed by atoms with Crippen molar-refractivity contribution in [1.82, 2.24) is 19.8 Å². The second kappa shape index (κ2) is 9.81. The fourth-order valence-electron chi connectivity index (χ4n) is 6.71. The van der Waals surface area contributed by atoms with Gasteiger partial charge in [0.1, 0.15) is 6.10 Å². The van der Waals surface area contributed by atoms with Gasteiger partial charge in [0.05, 0.1) is 49.2 Å². The van der Waals surface area contributed by atoms with Crippen LogP contribution in [0.1, 0.15) is 38.7 Å². The summed E-state index contributed by atoms with van der Waals surface area (Å²) in [6.07, 6.45) is 4.40. The number of rotatable bonds is 5. The third-order valence-electron chi connectivity index (χ3n) is 8.41. The van der Waals surface area contributed by atoms with Gasteiger partial charge in [-0.25, -0.2) is 14.8 Å². The van der Waals surface area contributed by atoms with Crippen LogP contribution in [0.3, 0.4) is 0 Å². The van der Waals surface area contributed by atoms with E-state index in [0.717, 1.165) is 32.5 Å². The highest BCUT2D eigenvalue weighted by Crippen LogP contribution is 2.50. The maximum Gasteiger partial charge on any atom is 0.410 e. The Kier molecular flexibility index (Phi) is 6.47. The van der Waals surface area contributed by atoms with Gasteiger partial charge in [0.25, 0.3) is 0 Å². The molecule has 1 aliphatic carbocycles. The zero-order valence-corrected chi connectivity index (χ0v) is 22.1. The van der Waals surface area contributed by atoms with Crippen molar-refractivity contribution in [3.8, 4) is 0 Å². The number of aliphatic hydroxyl groups is 1. The van der Waals surface area contributed by atoms with E-state index in [-0.39, 0.29) is 43.2 Å². The highest BCUT2D eigenvalue weighted by Gasteiger charge is 2.54. The molecule has 38 heavy (non-hydrogen) atoms. The molecule has 0 radical (unpaired) electrons. The van der Waals surface area contributed by atoms with Crippen LogP contribution < -0.4 is 9.80 Å². The van der Waals surface area contributed by atoms with Crippen molar-refractivity contribution in [3.63, 3.8) is 0 Å². The molecule has 0 bridgehead atoms. The molecular weight excluding hydrogens is 484 g/mol. The Morgan fingerprint density at radius 2 is 1.71 bits per heavy atom. The van der Waals surface area contributed by atoms with Gasteiger partial charge in [0, 0.05) is 38.1 Å². The molecule has 4 aliphatic rings. The van der Waals surface area contributed by atoms with Crippen LogP contribution in [0.5, 0.6) is 0 Å². The van der Waals surface area contributed by atoms with E-state index >= 15 is 0 Å². The lowest BCUT2D eigenvalue weighted by Crippen LogP contribution is -2.65. The zero-order chi connectivity index (χ0) is 26.4. The summed E-state index contributed by atoms with van der Waals surface area (Å²) < 4.78 is 5.94. The maximum atomic E-state index is 13.1. The van der Waals surface area contributed by atoms with E-state index < -0.39 is 6.10 Å². The van der Waals surface area contributed by atoms with Crippen molar-refractivity contribution < 1.29 is 19.4 Å². The first-order chi connectivity index (χ1) is 18.3. The van der Waals surface area contributed by atoms with Crippen LogP contribution in [0.4, 0.5) is 16.4 Å². The smallest absolute Gasteiger partial charge is 0.410 e. The number of β-amino-alcohol motifs (C(OH)–C–C–N with tert-alkyl or cyclic N) is 1. The van der Waals surface area contributed by atoms with Gasteiger partial charge in [-0.1, -0.05) is 30.3 Å². The molecule has 6 rings (SSSR count). The number of likely N-dealkylation sites (tertiary alicyclic amines) is 1. The second-order valence-electron chi connectivity index (χ2n) is 11.7. The van der Waals surface area contributed by atoms with Crippen molar-refractivity contribution in [1.29, 1.82) is 0 Å². The highest BCUT2D eigenvalue weighted by atomic mass is 16.6. The lowest BCUT2D eigenvalue weighted by Gasteiger charge is -2.58. The number of ether oxygens (including phenoxy) is 1. The Morgan fingerprint density at radius 1 is 1.05 bits per heavy atom. The van der Waals surface area contributed by atoms with Crippen molar-refractivity contribution in [2.45, 2.75) is 63.9 Å². The molecule has 3 saturated heterocycles. The van der Waals surface area contributed by atoms with E-state index in [1.165, 1.54) is 10.5 Å². The number of hydrogen-bond donors (Lipinski definition) is 1. The second-order valence-corrected chi connectivity index (χ2v) is 11.7. The summed E-state index contributed by atoms with van der Waals surface area (Å²) in [4.78, 5) is 42.0. The molecule has 10 nitrogen and oxygen atoms in total. The van der Waals surface area contributed by atoms with E-state index in [0.29, 0.717) is 30.1 Å². The lowest BCUT2D eigenvalue weighted by molar-refractivity contribution is -0.137. The quantitative estimate of drug-likeness (QED) is 0.641. The van der Waals surface area contributed by atoms with Crippen molar-refractivity contribution in [2.24, 2.45) is 5.41 Å². The molecule has 1 aromatic carbocycles. The number of amides is 2. The number of hydrogen-bond acceptors (Lipinski definition) is 8. The van der Waals surface area contributed by atoms with Crippen LogP contribution >= 0.6 is 0 Å². The first-order valence-corrected chi connectivity index (χ1v) is 13.6. The van der Waals surface area contributed by atoms with Crippen LogP contribution in [0.25, 0.3) is 0 Å². The third kappa shape index (κ3) is 4.82. The van der Waals surface area contributed by atoms with Crippen LogP contribution in [0.15, 0.2) is 42.7 Å². The fraction of sp³-hybridized carbons (Fsp3) is 0.571. The largest absolute Gasteiger partial charge is 0.446 e. The predicted octanol–water partition coefficient (Wildman–Crippen LogP) is 2.27. The van der Waals surface area contributed by atoms with Crippen molar-refractivity contribution >= 4 is 23.6 Å². The molecule has 4 fully saturated rings. The van der Waals surface area contributed by atoms with E-state index in [2.05, 4.69) is 44.0 Å². The summed E-state index contributed by atoms with van der Waals surface area (Å²) in [7, 11) is 0. The molecule has 202 valence electrons. The van der Waals surface area contributed by atoms with Gasteiger partial charge in [-0.2, -0.15) is 0 Å². The number of aliphatic hydroxyl groups excluding tert-OH is 1. The van der Waals surface area contributed by atoms with Gasteiger partial charge in [-0.05, 0) is 32.3 Å². The minimum absolute atomic E-state index is 0.00139. The van der Waals surface area contributed by atoms with E-state index in [9.17, 15) is 14.7 Å². The van der Waals surface area contributed by atoms with Gasteiger partial charge in [0.2, 0.25) is 11.9 Å². The monoisotopic (exact) mass is 520 g/mol. The third-order valence-corrected chi connectivity index (χ3v) is 8.41. The normalized spacial score (nSPS) is 27.4. The lowest BCUT2D eigenvalue weighted by atomic mass is 9.61. The molecule has 1 unspecified atom stereocenters. The van der Waals surface area contributed by atoms with Gasteiger partial charge in [-0.15, -0.1) is 0 Å². The molecule has 1 saturated carbocycles. The van der Waals surface area contributed by atoms with E-state index in [1.54, 1.807) is 12.4 Å². The number of piperazine rings is 1. The van der Waals surface area contributed by atoms with Crippen LogP contribution in [0.2, 0.25) is 0 Å². The predicted molar refractivity (Wildman–Crippen MR) is 142 cm³/mol. The Bertz CT molecular complexity index is 1150. The number of benzene rings is 1.